The molecule has 1 unspecified atom stereocenters. The Balaban J connectivity index is 2.48. The van der Waals surface area contributed by atoms with Gasteiger partial charge in [0.1, 0.15) is 11.8 Å². The fourth-order valence-electron chi connectivity index (χ4n) is 1.86. The van der Waals surface area contributed by atoms with E-state index in [4.69, 9.17) is 9.47 Å². The predicted octanol–water partition coefficient (Wildman–Crippen LogP) is 1.91. The normalized spacial score (nSPS) is 11.4. The Morgan fingerprint density at radius 1 is 1.26 bits per heavy atom. The molecular weight excluding hydrogens is 316 g/mol. The van der Waals surface area contributed by atoms with Gasteiger partial charge in [-0.1, -0.05) is 0 Å². The van der Waals surface area contributed by atoms with Gasteiger partial charge in [0.2, 0.25) is 5.91 Å². The van der Waals surface area contributed by atoms with Crippen molar-refractivity contribution in [2.24, 2.45) is 0 Å². The van der Waals surface area contributed by atoms with E-state index in [9.17, 15) is 9.59 Å². The van der Waals surface area contributed by atoms with Crippen LogP contribution in [0.2, 0.25) is 0 Å². The number of carbonyl (C=O) groups is 2. The van der Waals surface area contributed by atoms with Crippen LogP contribution in [0.15, 0.2) is 24.3 Å². The molecule has 6 nitrogen and oxygen atoms in total. The molecule has 1 aromatic carbocycles. The van der Waals surface area contributed by atoms with Gasteiger partial charge in [-0.2, -0.15) is 11.8 Å². The van der Waals surface area contributed by atoms with Crippen LogP contribution < -0.4 is 15.4 Å². The summed E-state index contributed by atoms with van der Waals surface area (Å²) >= 11 is 1.62. The van der Waals surface area contributed by atoms with E-state index >= 15 is 0 Å². The Morgan fingerprint density at radius 2 is 1.96 bits per heavy atom. The topological polar surface area (TPSA) is 76.7 Å². The third-order valence-electron chi connectivity index (χ3n) is 3.06. The van der Waals surface area contributed by atoms with Crippen LogP contribution in [0, 0.1) is 0 Å². The summed E-state index contributed by atoms with van der Waals surface area (Å²) in [5.74, 6) is 0.883. The van der Waals surface area contributed by atoms with Crippen molar-refractivity contribution in [1.29, 1.82) is 0 Å². The summed E-state index contributed by atoms with van der Waals surface area (Å²) in [4.78, 5) is 23.9. The zero-order chi connectivity index (χ0) is 17.1. The molecule has 0 heterocycles. The molecule has 0 aromatic heterocycles. The molecule has 7 heteroatoms. The molecule has 1 aromatic rings. The van der Waals surface area contributed by atoms with E-state index in [1.807, 2.05) is 18.4 Å². The Bertz CT molecular complexity index is 493. The van der Waals surface area contributed by atoms with Crippen LogP contribution in [-0.4, -0.2) is 50.2 Å². The third kappa shape index (κ3) is 7.27. The number of amides is 1. The van der Waals surface area contributed by atoms with Gasteiger partial charge in [-0.15, -0.1) is 0 Å². The monoisotopic (exact) mass is 340 g/mol. The Hall–Kier alpha value is -1.89. The molecule has 0 bridgehead atoms. The number of carbonyl (C=O) groups excluding carboxylic acids is 2. The zero-order valence-corrected chi connectivity index (χ0v) is 14.6. The van der Waals surface area contributed by atoms with E-state index in [1.54, 1.807) is 37.9 Å². The quantitative estimate of drug-likeness (QED) is 0.634. The standard InChI is InChI=1S/C16H24N2O4S/c1-4-22-16(20)14(9-10-23-3)18-15(19)11-17-12-5-7-13(21-2)8-6-12/h5-8,14,17H,4,9-11H2,1-3H3,(H,18,19). The first-order valence-electron chi connectivity index (χ1n) is 7.43. The molecule has 0 aliphatic rings. The van der Waals surface area contributed by atoms with Crippen LogP contribution in [0.3, 0.4) is 0 Å². The van der Waals surface area contributed by atoms with Crippen molar-refractivity contribution in [2.75, 3.05) is 37.6 Å². The smallest absolute Gasteiger partial charge is 0.328 e. The van der Waals surface area contributed by atoms with Crippen LogP contribution >= 0.6 is 11.8 Å². The van der Waals surface area contributed by atoms with E-state index in [2.05, 4.69) is 10.6 Å². The van der Waals surface area contributed by atoms with Gasteiger partial charge in [0, 0.05) is 5.69 Å². The van der Waals surface area contributed by atoms with Crippen molar-refractivity contribution in [3.63, 3.8) is 0 Å². The minimum absolute atomic E-state index is 0.0848. The fraction of sp³-hybridized carbons (Fsp3) is 0.500. The molecular formula is C16H24N2O4S. The largest absolute Gasteiger partial charge is 0.497 e. The number of thioether (sulfide) groups is 1. The van der Waals surface area contributed by atoms with Gasteiger partial charge >= 0.3 is 5.97 Å². The number of hydrogen-bond acceptors (Lipinski definition) is 6. The number of benzene rings is 1. The van der Waals surface area contributed by atoms with Crippen molar-refractivity contribution < 1.29 is 19.1 Å². The number of rotatable bonds is 10. The van der Waals surface area contributed by atoms with Gasteiger partial charge < -0.3 is 20.1 Å². The molecule has 0 radical (unpaired) electrons. The molecule has 23 heavy (non-hydrogen) atoms. The number of nitrogens with one attached hydrogen (secondary N) is 2. The molecule has 0 aliphatic heterocycles. The second kappa shape index (κ2) is 10.8. The predicted molar refractivity (Wildman–Crippen MR) is 93.0 cm³/mol. The van der Waals surface area contributed by atoms with Gasteiger partial charge in [-0.25, -0.2) is 4.79 Å². The lowest BCUT2D eigenvalue weighted by Crippen LogP contribution is -2.44. The molecule has 2 N–H and O–H groups in total. The molecule has 1 rings (SSSR count). The molecule has 0 saturated heterocycles. The SMILES string of the molecule is CCOC(=O)C(CCSC)NC(=O)CNc1ccc(OC)cc1. The van der Waals surface area contributed by atoms with E-state index in [1.165, 1.54) is 0 Å². The van der Waals surface area contributed by atoms with Gasteiger partial charge in [0.15, 0.2) is 0 Å². The Labute approximate surface area is 141 Å². The van der Waals surface area contributed by atoms with Crippen LogP contribution in [-0.2, 0) is 14.3 Å². The first-order valence-corrected chi connectivity index (χ1v) is 8.83. The van der Waals surface area contributed by atoms with Gasteiger partial charge in [0.05, 0.1) is 20.3 Å². The molecule has 0 spiro atoms. The average molecular weight is 340 g/mol. The number of methoxy groups -OCH3 is 1. The van der Waals surface area contributed by atoms with Crippen LogP contribution in [0.5, 0.6) is 5.75 Å². The summed E-state index contributed by atoms with van der Waals surface area (Å²) in [6, 6.07) is 6.65. The summed E-state index contributed by atoms with van der Waals surface area (Å²) in [5, 5.41) is 5.72. The summed E-state index contributed by atoms with van der Waals surface area (Å²) in [6.45, 7) is 2.13. The van der Waals surface area contributed by atoms with E-state index in [-0.39, 0.29) is 18.4 Å². The van der Waals surface area contributed by atoms with E-state index < -0.39 is 6.04 Å². The minimum Gasteiger partial charge on any atom is -0.497 e. The summed E-state index contributed by atoms with van der Waals surface area (Å²) < 4.78 is 10.1. The molecule has 0 fully saturated rings. The maximum absolute atomic E-state index is 12.0. The van der Waals surface area contributed by atoms with Gasteiger partial charge in [-0.05, 0) is 49.6 Å². The first-order chi connectivity index (χ1) is 11.1. The van der Waals surface area contributed by atoms with Crippen molar-refractivity contribution in [3.05, 3.63) is 24.3 Å². The fourth-order valence-corrected chi connectivity index (χ4v) is 2.34. The second-order valence-electron chi connectivity index (χ2n) is 4.74. The summed E-state index contributed by atoms with van der Waals surface area (Å²) in [5.41, 5.74) is 0.803. The molecule has 1 atom stereocenters. The van der Waals surface area contributed by atoms with Crippen molar-refractivity contribution in [1.82, 2.24) is 5.32 Å². The van der Waals surface area contributed by atoms with E-state index in [0.29, 0.717) is 13.0 Å². The van der Waals surface area contributed by atoms with Crippen LogP contribution in [0.4, 0.5) is 5.69 Å². The molecule has 0 aliphatic carbocycles. The molecule has 0 saturated carbocycles. The lowest BCUT2D eigenvalue weighted by molar-refractivity contribution is -0.147. The number of esters is 1. The highest BCUT2D eigenvalue weighted by atomic mass is 32.2. The maximum atomic E-state index is 12.0. The van der Waals surface area contributed by atoms with Crippen molar-refractivity contribution in [2.45, 2.75) is 19.4 Å². The van der Waals surface area contributed by atoms with Crippen LogP contribution in [0.25, 0.3) is 0 Å². The minimum atomic E-state index is -0.604. The Kier molecular flexibility index (Phi) is 8.97. The lowest BCUT2D eigenvalue weighted by atomic mass is 10.2. The number of hydrogen-bond donors (Lipinski definition) is 2. The van der Waals surface area contributed by atoms with Gasteiger partial charge in [-0.3, -0.25) is 4.79 Å². The summed E-state index contributed by atoms with van der Waals surface area (Å²) in [6.07, 6.45) is 2.50. The van der Waals surface area contributed by atoms with Crippen molar-refractivity contribution >= 4 is 29.3 Å². The average Bonchev–Trinajstić information content (AvgIpc) is 2.57. The first kappa shape index (κ1) is 19.2. The third-order valence-corrected chi connectivity index (χ3v) is 3.70. The number of anilines is 1. The highest BCUT2D eigenvalue weighted by Gasteiger charge is 2.21. The highest BCUT2D eigenvalue weighted by molar-refractivity contribution is 7.98. The Morgan fingerprint density at radius 3 is 2.52 bits per heavy atom. The molecule has 128 valence electrons. The van der Waals surface area contributed by atoms with Crippen LogP contribution in [0.1, 0.15) is 13.3 Å². The lowest BCUT2D eigenvalue weighted by Gasteiger charge is -2.17. The maximum Gasteiger partial charge on any atom is 0.328 e. The zero-order valence-electron chi connectivity index (χ0n) is 13.8. The van der Waals surface area contributed by atoms with Gasteiger partial charge in [0.25, 0.3) is 0 Å². The number of ether oxygens (including phenoxy) is 2. The summed E-state index contributed by atoms with van der Waals surface area (Å²) in [7, 11) is 1.60. The van der Waals surface area contributed by atoms with Crippen molar-refractivity contribution in [3.8, 4) is 5.75 Å². The highest BCUT2D eigenvalue weighted by Crippen LogP contribution is 2.14. The second-order valence-corrected chi connectivity index (χ2v) is 5.72. The van der Waals surface area contributed by atoms with E-state index in [0.717, 1.165) is 17.2 Å². The molecule has 1 amide bonds.